The number of carbonyl (C=O) groups excluding carboxylic acids is 1. The van der Waals surface area contributed by atoms with Crippen LogP contribution in [0.15, 0.2) is 77.7 Å². The predicted octanol–water partition coefficient (Wildman–Crippen LogP) is 5.29. The van der Waals surface area contributed by atoms with Crippen LogP contribution in [0.1, 0.15) is 30.9 Å². The maximum absolute atomic E-state index is 13.5. The number of nitrogens with zero attached hydrogens (tertiary/aromatic N) is 3. The van der Waals surface area contributed by atoms with Crippen LogP contribution in [0, 0.1) is 13.8 Å². The molecule has 0 bridgehead atoms. The fourth-order valence-corrected chi connectivity index (χ4v) is 5.41. The van der Waals surface area contributed by atoms with Crippen LogP contribution >= 0.6 is 0 Å². The van der Waals surface area contributed by atoms with Gasteiger partial charge in [0.05, 0.1) is 21.6 Å². The number of rotatable bonds is 9. The summed E-state index contributed by atoms with van der Waals surface area (Å²) in [6, 6.07) is 21.7. The summed E-state index contributed by atoms with van der Waals surface area (Å²) in [7, 11) is -3.86. The number of amides is 1. The Kier molecular flexibility index (Phi) is 7.21. The van der Waals surface area contributed by atoms with Gasteiger partial charge in [-0.1, -0.05) is 54.4 Å². The third-order valence-electron chi connectivity index (χ3n) is 5.83. The number of anilines is 2. The highest BCUT2D eigenvalue weighted by molar-refractivity contribution is 7.92. The number of nitrogens with one attached hydrogen (secondary N) is 1. The minimum Gasteiger partial charge on any atom is -0.310 e. The molecule has 0 aliphatic rings. The van der Waals surface area contributed by atoms with E-state index in [1.807, 2.05) is 54.8 Å². The second-order valence-corrected chi connectivity index (χ2v) is 10.5. The van der Waals surface area contributed by atoms with Gasteiger partial charge < -0.3 is 4.57 Å². The number of benzene rings is 3. The molecule has 182 valence electrons. The monoisotopic (exact) mass is 490 g/mol. The van der Waals surface area contributed by atoms with E-state index in [1.54, 1.807) is 36.4 Å². The molecular weight excluding hydrogens is 460 g/mol. The molecule has 0 radical (unpaired) electrons. The number of hydrogen-bond donors (Lipinski definition) is 1. The average Bonchev–Trinajstić information content (AvgIpc) is 3.17. The number of sulfonamides is 1. The van der Waals surface area contributed by atoms with Crippen LogP contribution in [-0.2, 0) is 21.4 Å². The van der Waals surface area contributed by atoms with Crippen LogP contribution in [0.2, 0.25) is 0 Å². The van der Waals surface area contributed by atoms with E-state index in [1.165, 1.54) is 4.31 Å². The molecule has 8 heteroatoms. The third kappa shape index (κ3) is 5.38. The standard InChI is InChI=1S/C27H30N4O3S/c1-4-18-30-25-8-6-5-7-24(25)28-27(30)29-26(32)17-19-31(22-13-9-20(2)10-14-22)35(33,34)23-15-11-21(3)12-16-23/h5-16H,4,17-19H2,1-3H3,(H,28,29,32). The number of aryl methyl sites for hydroxylation is 3. The van der Waals surface area contributed by atoms with Crippen molar-refractivity contribution in [1.29, 1.82) is 0 Å². The average molecular weight is 491 g/mol. The molecule has 0 aliphatic carbocycles. The number of aromatic nitrogens is 2. The van der Waals surface area contributed by atoms with Crippen LogP contribution in [0.5, 0.6) is 0 Å². The van der Waals surface area contributed by atoms with Crippen molar-refractivity contribution in [2.75, 3.05) is 16.2 Å². The molecule has 3 aromatic carbocycles. The van der Waals surface area contributed by atoms with Crippen LogP contribution < -0.4 is 9.62 Å². The topological polar surface area (TPSA) is 84.3 Å². The summed E-state index contributed by atoms with van der Waals surface area (Å²) < 4.78 is 30.3. The molecule has 35 heavy (non-hydrogen) atoms. The molecule has 0 atom stereocenters. The van der Waals surface area contributed by atoms with Crippen molar-refractivity contribution in [3.05, 3.63) is 83.9 Å². The maximum atomic E-state index is 13.5. The highest BCUT2D eigenvalue weighted by Gasteiger charge is 2.26. The lowest BCUT2D eigenvalue weighted by molar-refractivity contribution is -0.116. The zero-order valence-corrected chi connectivity index (χ0v) is 21.0. The lowest BCUT2D eigenvalue weighted by Crippen LogP contribution is -2.34. The highest BCUT2D eigenvalue weighted by atomic mass is 32.2. The van der Waals surface area contributed by atoms with E-state index in [0.29, 0.717) is 18.2 Å². The van der Waals surface area contributed by atoms with Crippen molar-refractivity contribution >= 4 is 38.6 Å². The van der Waals surface area contributed by atoms with Crippen LogP contribution in [0.3, 0.4) is 0 Å². The van der Waals surface area contributed by atoms with Gasteiger partial charge in [-0.15, -0.1) is 0 Å². The Morgan fingerprint density at radius 1 is 0.943 bits per heavy atom. The van der Waals surface area contributed by atoms with Crippen molar-refractivity contribution in [2.24, 2.45) is 0 Å². The molecule has 0 spiro atoms. The predicted molar refractivity (Wildman–Crippen MR) is 140 cm³/mol. The van der Waals surface area contributed by atoms with E-state index in [9.17, 15) is 13.2 Å². The quantitative estimate of drug-likeness (QED) is 0.346. The number of hydrogen-bond acceptors (Lipinski definition) is 4. The van der Waals surface area contributed by atoms with Gasteiger partial charge in [0, 0.05) is 19.5 Å². The van der Waals surface area contributed by atoms with Crippen LogP contribution in [0.4, 0.5) is 11.6 Å². The van der Waals surface area contributed by atoms with Gasteiger partial charge in [0.25, 0.3) is 10.0 Å². The largest absolute Gasteiger partial charge is 0.310 e. The zero-order valence-electron chi connectivity index (χ0n) is 20.2. The molecule has 7 nitrogen and oxygen atoms in total. The lowest BCUT2D eigenvalue weighted by atomic mass is 10.2. The molecule has 4 aromatic rings. The van der Waals surface area contributed by atoms with Crippen molar-refractivity contribution in [1.82, 2.24) is 9.55 Å². The summed E-state index contributed by atoms with van der Waals surface area (Å²) >= 11 is 0. The van der Waals surface area contributed by atoms with Gasteiger partial charge in [0.1, 0.15) is 0 Å². The Hall–Kier alpha value is -3.65. The first kappa shape index (κ1) is 24.5. The molecular formula is C27H30N4O3S. The fourth-order valence-electron chi connectivity index (χ4n) is 3.95. The summed E-state index contributed by atoms with van der Waals surface area (Å²) in [6.45, 7) is 6.63. The van der Waals surface area contributed by atoms with Gasteiger partial charge in [-0.05, 0) is 56.7 Å². The first-order chi connectivity index (χ1) is 16.8. The summed E-state index contributed by atoms with van der Waals surface area (Å²) in [5.74, 6) is 0.176. The van der Waals surface area contributed by atoms with Crippen molar-refractivity contribution in [2.45, 2.75) is 45.1 Å². The summed E-state index contributed by atoms with van der Waals surface area (Å²) in [6.07, 6.45) is 0.869. The summed E-state index contributed by atoms with van der Waals surface area (Å²) in [5, 5.41) is 2.89. The lowest BCUT2D eigenvalue weighted by Gasteiger charge is -2.24. The Balaban J connectivity index is 1.58. The van der Waals surface area contributed by atoms with Crippen LogP contribution in [0.25, 0.3) is 11.0 Å². The molecule has 0 aliphatic heterocycles. The number of carbonyl (C=O) groups is 1. The van der Waals surface area contributed by atoms with E-state index in [0.717, 1.165) is 28.6 Å². The van der Waals surface area contributed by atoms with Crippen LogP contribution in [-0.4, -0.2) is 30.4 Å². The zero-order chi connectivity index (χ0) is 25.0. The first-order valence-electron chi connectivity index (χ1n) is 11.7. The number of fused-ring (bicyclic) bond motifs is 1. The smallest absolute Gasteiger partial charge is 0.264 e. The van der Waals surface area contributed by atoms with Gasteiger partial charge in [0.15, 0.2) is 0 Å². The fraction of sp³-hybridized carbons (Fsp3) is 0.259. The molecule has 1 amide bonds. The Morgan fingerprint density at radius 2 is 1.57 bits per heavy atom. The van der Waals surface area contributed by atoms with Crippen molar-refractivity contribution < 1.29 is 13.2 Å². The third-order valence-corrected chi connectivity index (χ3v) is 7.67. The highest BCUT2D eigenvalue weighted by Crippen LogP contribution is 2.25. The molecule has 1 N–H and O–H groups in total. The summed E-state index contributed by atoms with van der Waals surface area (Å²) in [5.41, 5.74) is 4.27. The van der Waals surface area contributed by atoms with Gasteiger partial charge >= 0.3 is 0 Å². The van der Waals surface area contributed by atoms with Gasteiger partial charge in [-0.25, -0.2) is 13.4 Å². The van der Waals surface area contributed by atoms with Gasteiger partial charge in [-0.2, -0.15) is 0 Å². The van der Waals surface area contributed by atoms with E-state index < -0.39 is 10.0 Å². The minimum atomic E-state index is -3.86. The molecule has 1 heterocycles. The van der Waals surface area contributed by atoms with Crippen molar-refractivity contribution in [3.8, 4) is 0 Å². The molecule has 4 rings (SSSR count). The van der Waals surface area contributed by atoms with Gasteiger partial charge in [0.2, 0.25) is 11.9 Å². The number of imidazole rings is 1. The summed E-state index contributed by atoms with van der Waals surface area (Å²) in [4.78, 5) is 17.7. The van der Waals surface area contributed by atoms with E-state index >= 15 is 0 Å². The second-order valence-electron chi connectivity index (χ2n) is 8.60. The Bertz CT molecular complexity index is 1430. The van der Waals surface area contributed by atoms with E-state index in [2.05, 4.69) is 17.2 Å². The molecule has 0 saturated heterocycles. The molecule has 0 fully saturated rings. The molecule has 0 unspecified atom stereocenters. The minimum absolute atomic E-state index is 0.000883. The first-order valence-corrected chi connectivity index (χ1v) is 13.1. The maximum Gasteiger partial charge on any atom is 0.264 e. The normalized spacial score (nSPS) is 11.5. The van der Waals surface area contributed by atoms with E-state index in [4.69, 9.17) is 0 Å². The van der Waals surface area contributed by atoms with Crippen molar-refractivity contribution in [3.63, 3.8) is 0 Å². The second kappa shape index (κ2) is 10.3. The SMILES string of the molecule is CCCn1c(NC(=O)CCN(c2ccc(C)cc2)S(=O)(=O)c2ccc(C)cc2)nc2ccccc21. The van der Waals surface area contributed by atoms with E-state index in [-0.39, 0.29) is 23.8 Å². The molecule has 1 aromatic heterocycles. The van der Waals surface area contributed by atoms with Gasteiger partial charge in [-0.3, -0.25) is 14.4 Å². The molecule has 0 saturated carbocycles. The Morgan fingerprint density at radius 3 is 2.23 bits per heavy atom. The Labute approximate surface area is 206 Å². The number of para-hydroxylation sites is 2.